The molecule has 1 amide bonds. The molecule has 0 bridgehead atoms. The van der Waals surface area contributed by atoms with Crippen LogP contribution in [0, 0.1) is 0 Å². The van der Waals surface area contributed by atoms with Gasteiger partial charge in [-0.15, -0.1) is 0 Å². The van der Waals surface area contributed by atoms with Crippen molar-refractivity contribution in [3.63, 3.8) is 0 Å². The van der Waals surface area contributed by atoms with E-state index in [0.717, 1.165) is 38.5 Å². The number of unbranched alkanes of at least 4 members (excludes halogenated alkanes) is 23. The van der Waals surface area contributed by atoms with Crippen molar-refractivity contribution < 1.29 is 50.0 Å². The van der Waals surface area contributed by atoms with Gasteiger partial charge in [0.2, 0.25) is 5.91 Å². The highest BCUT2D eigenvalue weighted by Crippen LogP contribution is 2.23. The first kappa shape index (κ1) is 54.6. The molecular formula is C47H89NO10. The summed E-state index contributed by atoms with van der Waals surface area (Å²) >= 11 is 0. The summed E-state index contributed by atoms with van der Waals surface area (Å²) in [5, 5.41) is 75.5. The molecule has 0 aliphatic carbocycles. The second kappa shape index (κ2) is 37.4. The van der Waals surface area contributed by atoms with Crippen LogP contribution in [0.5, 0.6) is 0 Å². The van der Waals surface area contributed by atoms with Crippen LogP contribution in [0.4, 0.5) is 0 Å². The topological polar surface area (TPSA) is 189 Å². The molecule has 1 rings (SSSR count). The maximum Gasteiger partial charge on any atom is 0.249 e. The minimum atomic E-state index is -1.67. The van der Waals surface area contributed by atoms with Crippen molar-refractivity contribution in [2.45, 2.75) is 255 Å². The van der Waals surface area contributed by atoms with Crippen molar-refractivity contribution in [1.82, 2.24) is 5.32 Å². The van der Waals surface area contributed by atoms with Crippen molar-refractivity contribution in [2.75, 3.05) is 13.2 Å². The average molecular weight is 828 g/mol. The van der Waals surface area contributed by atoms with Gasteiger partial charge in [0.25, 0.3) is 0 Å². The molecule has 11 heteroatoms. The second-order valence-electron chi connectivity index (χ2n) is 16.8. The van der Waals surface area contributed by atoms with Gasteiger partial charge in [-0.25, -0.2) is 0 Å². The highest BCUT2D eigenvalue weighted by Gasteiger charge is 2.44. The summed E-state index contributed by atoms with van der Waals surface area (Å²) in [6.45, 7) is 3.37. The highest BCUT2D eigenvalue weighted by atomic mass is 16.7. The van der Waals surface area contributed by atoms with E-state index in [1.54, 1.807) is 0 Å². The van der Waals surface area contributed by atoms with Crippen LogP contribution in [-0.4, -0.2) is 110 Å². The molecule has 9 unspecified atom stereocenters. The van der Waals surface area contributed by atoms with Crippen molar-refractivity contribution in [2.24, 2.45) is 0 Å². The molecule has 0 saturated carbocycles. The fourth-order valence-electron chi connectivity index (χ4n) is 7.50. The summed E-state index contributed by atoms with van der Waals surface area (Å²) in [5.41, 5.74) is 0. The molecular weight excluding hydrogens is 739 g/mol. The zero-order chi connectivity index (χ0) is 42.6. The second-order valence-corrected chi connectivity index (χ2v) is 16.8. The third-order valence-corrected chi connectivity index (χ3v) is 11.5. The lowest BCUT2D eigenvalue weighted by molar-refractivity contribution is -0.303. The number of carbonyl (C=O) groups excluding carboxylic acids is 1. The van der Waals surface area contributed by atoms with Crippen LogP contribution in [-0.2, 0) is 14.3 Å². The normalized spacial score (nSPS) is 22.1. The van der Waals surface area contributed by atoms with Gasteiger partial charge in [0, 0.05) is 0 Å². The molecule has 11 nitrogen and oxygen atoms in total. The van der Waals surface area contributed by atoms with Crippen LogP contribution in [0.2, 0.25) is 0 Å². The number of carbonyl (C=O) groups is 1. The summed E-state index contributed by atoms with van der Waals surface area (Å²) in [4.78, 5) is 13.1. The molecule has 1 saturated heterocycles. The number of hydrogen-bond donors (Lipinski definition) is 8. The lowest BCUT2D eigenvalue weighted by Crippen LogP contribution is -2.60. The molecule has 0 spiro atoms. The molecule has 1 aliphatic heterocycles. The average Bonchev–Trinajstić information content (AvgIpc) is 3.22. The lowest BCUT2D eigenvalue weighted by atomic mass is 9.98. The summed E-state index contributed by atoms with van der Waals surface area (Å²) in [7, 11) is 0. The summed E-state index contributed by atoms with van der Waals surface area (Å²) < 4.78 is 11.1. The molecule has 58 heavy (non-hydrogen) atoms. The SMILES string of the molecule is CCCC/C=C/CC/C=C/CCCC(O)C(O)C(COC1OC(CO)C(O)C(O)C1O)NC(=O)C(O)CCCCCCCCCCCCCCCCCCCCCC. The van der Waals surface area contributed by atoms with E-state index in [2.05, 4.69) is 43.5 Å². The highest BCUT2D eigenvalue weighted by molar-refractivity contribution is 5.80. The van der Waals surface area contributed by atoms with Crippen LogP contribution >= 0.6 is 0 Å². The Morgan fingerprint density at radius 1 is 0.586 bits per heavy atom. The van der Waals surface area contributed by atoms with Crippen molar-refractivity contribution in [3.05, 3.63) is 24.3 Å². The van der Waals surface area contributed by atoms with Gasteiger partial charge in [0.1, 0.15) is 36.6 Å². The first-order valence-corrected chi connectivity index (χ1v) is 23.7. The third-order valence-electron chi connectivity index (χ3n) is 11.5. The minimum absolute atomic E-state index is 0.247. The predicted molar refractivity (Wildman–Crippen MR) is 233 cm³/mol. The van der Waals surface area contributed by atoms with E-state index in [4.69, 9.17) is 9.47 Å². The standard InChI is InChI=1S/C47H89NO10/c1-3-5-7-9-11-13-15-16-17-18-19-20-21-22-23-25-27-29-31-33-35-40(51)46(56)48-38(37-57-47-45(55)44(54)43(53)41(36-49)58-47)42(52)39(50)34-32-30-28-26-24-14-12-10-8-6-4-2/h10,12,26,28,38-45,47,49-55H,3-9,11,13-25,27,29-37H2,1-2H3,(H,48,56)/b12-10+,28-26+. The molecule has 1 fully saturated rings. The van der Waals surface area contributed by atoms with Crippen molar-refractivity contribution in [1.29, 1.82) is 0 Å². The summed E-state index contributed by atoms with van der Waals surface area (Å²) in [6, 6.07) is -1.19. The number of amides is 1. The number of ether oxygens (including phenoxy) is 2. The van der Waals surface area contributed by atoms with E-state index in [1.165, 1.54) is 116 Å². The Balaban J connectivity index is 2.40. The van der Waals surface area contributed by atoms with Crippen molar-refractivity contribution in [3.8, 4) is 0 Å². The number of hydrogen-bond acceptors (Lipinski definition) is 10. The van der Waals surface area contributed by atoms with Crippen molar-refractivity contribution >= 4 is 5.91 Å². The largest absolute Gasteiger partial charge is 0.394 e. The Morgan fingerprint density at radius 2 is 1.03 bits per heavy atom. The summed E-state index contributed by atoms with van der Waals surface area (Å²) in [5.74, 6) is -0.710. The van der Waals surface area contributed by atoms with Gasteiger partial charge in [-0.05, 0) is 44.9 Å². The Labute approximate surface area is 353 Å². The Morgan fingerprint density at radius 3 is 1.52 bits per heavy atom. The Kier molecular flexibility index (Phi) is 35.2. The number of rotatable bonds is 39. The molecule has 0 radical (unpaired) electrons. The third kappa shape index (κ3) is 26.7. The van der Waals surface area contributed by atoms with Gasteiger partial charge in [-0.3, -0.25) is 4.79 Å². The summed E-state index contributed by atoms with van der Waals surface area (Å²) in [6.07, 6.45) is 29.6. The Hall–Kier alpha value is -1.41. The van der Waals surface area contributed by atoms with Crippen LogP contribution in [0.1, 0.15) is 200 Å². The first-order valence-electron chi connectivity index (χ1n) is 23.7. The van der Waals surface area contributed by atoms with Crippen LogP contribution < -0.4 is 5.32 Å². The zero-order valence-electron chi connectivity index (χ0n) is 36.8. The molecule has 1 heterocycles. The fraction of sp³-hybridized carbons (Fsp3) is 0.894. The quantitative estimate of drug-likeness (QED) is 0.0224. The lowest BCUT2D eigenvalue weighted by Gasteiger charge is -2.40. The molecule has 342 valence electrons. The van der Waals surface area contributed by atoms with E-state index in [0.29, 0.717) is 19.3 Å². The van der Waals surface area contributed by atoms with E-state index in [9.17, 15) is 40.5 Å². The van der Waals surface area contributed by atoms with Crippen LogP contribution in [0.25, 0.3) is 0 Å². The van der Waals surface area contributed by atoms with Gasteiger partial charge in [0.15, 0.2) is 6.29 Å². The molecule has 0 aromatic heterocycles. The predicted octanol–water partition coefficient (Wildman–Crippen LogP) is 7.84. The monoisotopic (exact) mass is 828 g/mol. The van der Waals surface area contributed by atoms with E-state index < -0.39 is 74.2 Å². The molecule has 1 aliphatic rings. The number of nitrogens with one attached hydrogen (secondary N) is 1. The number of allylic oxidation sites excluding steroid dienone is 4. The van der Waals surface area contributed by atoms with E-state index >= 15 is 0 Å². The smallest absolute Gasteiger partial charge is 0.249 e. The van der Waals surface area contributed by atoms with Gasteiger partial charge >= 0.3 is 0 Å². The van der Waals surface area contributed by atoms with E-state index in [-0.39, 0.29) is 12.8 Å². The van der Waals surface area contributed by atoms with Crippen LogP contribution in [0.3, 0.4) is 0 Å². The van der Waals surface area contributed by atoms with Crippen LogP contribution in [0.15, 0.2) is 24.3 Å². The zero-order valence-corrected chi connectivity index (χ0v) is 36.8. The molecule has 9 atom stereocenters. The first-order chi connectivity index (χ1) is 28.2. The number of aliphatic hydroxyl groups excluding tert-OH is 7. The molecule has 0 aromatic rings. The molecule has 0 aromatic carbocycles. The minimum Gasteiger partial charge on any atom is -0.394 e. The van der Waals surface area contributed by atoms with E-state index in [1.807, 2.05) is 0 Å². The fourth-order valence-corrected chi connectivity index (χ4v) is 7.50. The van der Waals surface area contributed by atoms with Gasteiger partial charge in [-0.2, -0.15) is 0 Å². The Bertz CT molecular complexity index is 997. The maximum atomic E-state index is 13.1. The van der Waals surface area contributed by atoms with Gasteiger partial charge < -0.3 is 50.5 Å². The van der Waals surface area contributed by atoms with Gasteiger partial charge in [-0.1, -0.05) is 179 Å². The van der Waals surface area contributed by atoms with Gasteiger partial charge in [0.05, 0.1) is 25.4 Å². The molecule has 8 N–H and O–H groups in total. The number of aliphatic hydroxyl groups is 7. The maximum absolute atomic E-state index is 13.1.